The number of aromatic nitrogens is 2. The fraction of sp³-hybridized carbons (Fsp3) is 0.533. The second-order valence-electron chi connectivity index (χ2n) is 4.98. The molecule has 0 amide bonds. The van der Waals surface area contributed by atoms with E-state index in [0.29, 0.717) is 31.2 Å². The highest BCUT2D eigenvalue weighted by molar-refractivity contribution is 7.18. The average Bonchev–Trinajstić information content (AvgIpc) is 2.75. The van der Waals surface area contributed by atoms with Crippen molar-refractivity contribution < 1.29 is 9.53 Å². The number of esters is 1. The smallest absolute Gasteiger partial charge is 0.305 e. The highest BCUT2D eigenvalue weighted by atomic mass is 32.1. The molecule has 2 rings (SSSR count). The summed E-state index contributed by atoms with van der Waals surface area (Å²) in [5, 5.41) is 0.716. The van der Waals surface area contributed by atoms with Crippen LogP contribution in [0.25, 0.3) is 10.2 Å². The van der Waals surface area contributed by atoms with Gasteiger partial charge in [-0.1, -0.05) is 6.92 Å². The standard InChI is InChI=1S/C15H20N2O3S/c1-5-11-16-14-13(9(2)10(3)21-14)15(19)17(11)8-6-7-12(18)20-4/h5-8H2,1-4H3. The van der Waals surface area contributed by atoms with Crippen LogP contribution in [0.5, 0.6) is 0 Å². The number of fused-ring (bicyclic) bond motifs is 1. The largest absolute Gasteiger partial charge is 0.469 e. The summed E-state index contributed by atoms with van der Waals surface area (Å²) in [4.78, 5) is 30.5. The minimum Gasteiger partial charge on any atom is -0.469 e. The van der Waals surface area contributed by atoms with Crippen molar-refractivity contribution in [1.29, 1.82) is 0 Å². The van der Waals surface area contributed by atoms with Crippen molar-refractivity contribution in [1.82, 2.24) is 9.55 Å². The maximum Gasteiger partial charge on any atom is 0.305 e. The summed E-state index contributed by atoms with van der Waals surface area (Å²) in [5.41, 5.74) is 1.01. The Labute approximate surface area is 127 Å². The Hall–Kier alpha value is -1.69. The van der Waals surface area contributed by atoms with Crippen LogP contribution in [0.4, 0.5) is 0 Å². The van der Waals surface area contributed by atoms with Gasteiger partial charge in [0.05, 0.1) is 12.5 Å². The SMILES string of the molecule is CCc1nc2sc(C)c(C)c2c(=O)n1CCCC(=O)OC. The van der Waals surface area contributed by atoms with E-state index in [9.17, 15) is 9.59 Å². The summed E-state index contributed by atoms with van der Waals surface area (Å²) < 4.78 is 6.33. The molecule has 0 saturated heterocycles. The molecule has 6 heteroatoms. The Balaban J connectivity index is 2.41. The quantitative estimate of drug-likeness (QED) is 0.797. The van der Waals surface area contributed by atoms with Gasteiger partial charge in [0, 0.05) is 24.3 Å². The van der Waals surface area contributed by atoms with E-state index in [1.807, 2.05) is 20.8 Å². The summed E-state index contributed by atoms with van der Waals surface area (Å²) in [6, 6.07) is 0. The van der Waals surface area contributed by atoms with E-state index in [4.69, 9.17) is 0 Å². The first kappa shape index (κ1) is 15.7. The minimum absolute atomic E-state index is 0.00330. The van der Waals surface area contributed by atoms with Crippen LogP contribution in [-0.2, 0) is 22.5 Å². The maximum absolute atomic E-state index is 12.7. The van der Waals surface area contributed by atoms with Gasteiger partial charge >= 0.3 is 5.97 Å². The second-order valence-corrected chi connectivity index (χ2v) is 6.18. The number of nitrogens with zero attached hydrogens (tertiary/aromatic N) is 2. The summed E-state index contributed by atoms with van der Waals surface area (Å²) in [7, 11) is 1.37. The van der Waals surface area contributed by atoms with Crippen LogP contribution in [0.1, 0.15) is 36.0 Å². The molecular formula is C15H20N2O3S. The average molecular weight is 308 g/mol. The highest BCUT2D eigenvalue weighted by Gasteiger charge is 2.15. The van der Waals surface area contributed by atoms with Crippen LogP contribution in [0.15, 0.2) is 4.79 Å². The lowest BCUT2D eigenvalue weighted by atomic mass is 10.2. The van der Waals surface area contributed by atoms with Crippen LogP contribution >= 0.6 is 11.3 Å². The Morgan fingerprint density at radius 3 is 2.71 bits per heavy atom. The van der Waals surface area contributed by atoms with E-state index in [-0.39, 0.29) is 11.5 Å². The zero-order chi connectivity index (χ0) is 15.6. The van der Waals surface area contributed by atoms with Gasteiger partial charge in [-0.3, -0.25) is 14.2 Å². The number of ether oxygens (including phenoxy) is 1. The molecule has 0 aromatic carbocycles. The van der Waals surface area contributed by atoms with Crippen LogP contribution < -0.4 is 5.56 Å². The van der Waals surface area contributed by atoms with Crippen LogP contribution in [0.3, 0.4) is 0 Å². The first-order valence-electron chi connectivity index (χ1n) is 7.05. The fourth-order valence-corrected chi connectivity index (χ4v) is 3.39. The lowest BCUT2D eigenvalue weighted by Gasteiger charge is -2.11. The van der Waals surface area contributed by atoms with E-state index in [2.05, 4.69) is 9.72 Å². The highest BCUT2D eigenvalue weighted by Crippen LogP contribution is 2.26. The number of hydrogen-bond donors (Lipinski definition) is 0. The molecule has 2 aromatic rings. The van der Waals surface area contributed by atoms with Crippen molar-refractivity contribution in [3.05, 3.63) is 26.6 Å². The molecule has 0 radical (unpaired) electrons. The third kappa shape index (κ3) is 3.00. The first-order valence-corrected chi connectivity index (χ1v) is 7.87. The molecule has 0 spiro atoms. The van der Waals surface area contributed by atoms with Gasteiger partial charge in [-0.2, -0.15) is 0 Å². The lowest BCUT2D eigenvalue weighted by molar-refractivity contribution is -0.140. The van der Waals surface area contributed by atoms with E-state index >= 15 is 0 Å². The molecular weight excluding hydrogens is 288 g/mol. The van der Waals surface area contributed by atoms with E-state index in [0.717, 1.165) is 21.1 Å². The topological polar surface area (TPSA) is 61.2 Å². The van der Waals surface area contributed by atoms with Gasteiger partial charge in [0.1, 0.15) is 10.7 Å². The van der Waals surface area contributed by atoms with Crippen molar-refractivity contribution in [2.75, 3.05) is 7.11 Å². The summed E-state index contributed by atoms with van der Waals surface area (Å²) in [5.74, 6) is 0.524. The van der Waals surface area contributed by atoms with Gasteiger partial charge in [0.15, 0.2) is 0 Å². The van der Waals surface area contributed by atoms with Crippen molar-refractivity contribution in [3.63, 3.8) is 0 Å². The Morgan fingerprint density at radius 2 is 2.10 bits per heavy atom. The molecule has 2 aromatic heterocycles. The minimum atomic E-state index is -0.252. The molecule has 0 unspecified atom stereocenters. The molecule has 2 heterocycles. The predicted octanol–water partition coefficient (Wildman–Crippen LogP) is 2.59. The van der Waals surface area contributed by atoms with Gasteiger partial charge in [0.25, 0.3) is 5.56 Å². The normalized spacial score (nSPS) is 11.0. The number of carbonyl (C=O) groups excluding carboxylic acids is 1. The molecule has 0 atom stereocenters. The Kier molecular flexibility index (Phi) is 4.77. The zero-order valence-electron chi connectivity index (χ0n) is 12.9. The number of hydrogen-bond acceptors (Lipinski definition) is 5. The number of carbonyl (C=O) groups is 1. The molecule has 0 saturated carbocycles. The molecule has 0 aliphatic rings. The second kappa shape index (κ2) is 6.39. The van der Waals surface area contributed by atoms with E-state index < -0.39 is 0 Å². The van der Waals surface area contributed by atoms with Crippen molar-refractivity contribution >= 4 is 27.5 Å². The zero-order valence-corrected chi connectivity index (χ0v) is 13.7. The predicted molar refractivity (Wildman–Crippen MR) is 84.0 cm³/mol. The molecule has 0 bridgehead atoms. The van der Waals surface area contributed by atoms with Gasteiger partial charge < -0.3 is 4.74 Å². The van der Waals surface area contributed by atoms with Gasteiger partial charge in [-0.05, 0) is 25.8 Å². The third-order valence-electron chi connectivity index (χ3n) is 3.67. The number of aryl methyl sites for hydroxylation is 3. The number of thiophene rings is 1. The van der Waals surface area contributed by atoms with Crippen molar-refractivity contribution in [2.24, 2.45) is 0 Å². The monoisotopic (exact) mass is 308 g/mol. The van der Waals surface area contributed by atoms with Gasteiger partial charge in [-0.25, -0.2) is 4.98 Å². The van der Waals surface area contributed by atoms with Crippen molar-refractivity contribution in [3.8, 4) is 0 Å². The first-order chi connectivity index (χ1) is 9.99. The summed E-state index contributed by atoms with van der Waals surface area (Å²) in [6.45, 7) is 6.45. The summed E-state index contributed by atoms with van der Waals surface area (Å²) >= 11 is 1.56. The van der Waals surface area contributed by atoms with Crippen LogP contribution in [-0.4, -0.2) is 22.6 Å². The number of methoxy groups -OCH3 is 1. The van der Waals surface area contributed by atoms with E-state index in [1.165, 1.54) is 7.11 Å². The fourth-order valence-electron chi connectivity index (χ4n) is 2.35. The Morgan fingerprint density at radius 1 is 1.38 bits per heavy atom. The van der Waals surface area contributed by atoms with E-state index in [1.54, 1.807) is 15.9 Å². The van der Waals surface area contributed by atoms with Gasteiger partial charge in [0.2, 0.25) is 0 Å². The molecule has 21 heavy (non-hydrogen) atoms. The number of rotatable bonds is 5. The third-order valence-corrected chi connectivity index (χ3v) is 4.78. The summed E-state index contributed by atoms with van der Waals surface area (Å²) in [6.07, 6.45) is 1.58. The lowest BCUT2D eigenvalue weighted by Crippen LogP contribution is -2.25. The van der Waals surface area contributed by atoms with Crippen molar-refractivity contribution in [2.45, 2.75) is 46.6 Å². The molecule has 0 fully saturated rings. The molecule has 0 aliphatic carbocycles. The van der Waals surface area contributed by atoms with Crippen LogP contribution in [0, 0.1) is 13.8 Å². The Bertz CT molecular complexity index is 731. The molecule has 5 nitrogen and oxygen atoms in total. The molecule has 0 aliphatic heterocycles. The van der Waals surface area contributed by atoms with Crippen LogP contribution in [0.2, 0.25) is 0 Å². The molecule has 0 N–H and O–H groups in total. The van der Waals surface area contributed by atoms with Gasteiger partial charge in [-0.15, -0.1) is 11.3 Å². The maximum atomic E-state index is 12.7. The molecule has 114 valence electrons.